The average molecular weight is 384 g/mol. The first-order valence-electron chi connectivity index (χ1n) is 9.13. The zero-order chi connectivity index (χ0) is 19.2. The molecular weight excluding hydrogens is 362 g/mol. The van der Waals surface area contributed by atoms with E-state index in [9.17, 15) is 9.59 Å². The third-order valence-corrected chi connectivity index (χ3v) is 4.65. The highest BCUT2D eigenvalue weighted by molar-refractivity contribution is 6.44. The first-order chi connectivity index (χ1) is 13.1. The summed E-state index contributed by atoms with van der Waals surface area (Å²) in [5.74, 6) is -0.433. The maximum absolute atomic E-state index is 12.6. The van der Waals surface area contributed by atoms with Gasteiger partial charge in [0.2, 0.25) is 5.91 Å². The highest BCUT2D eigenvalue weighted by atomic mass is 35.5. The Kier molecular flexibility index (Phi) is 6.24. The topological polar surface area (TPSA) is 61.8 Å². The average Bonchev–Trinajstić information content (AvgIpc) is 2.68. The lowest BCUT2D eigenvalue weighted by molar-refractivity contribution is -0.118. The quantitative estimate of drug-likeness (QED) is 0.778. The smallest absolute Gasteiger partial charge is 0.271 e. The summed E-state index contributed by atoms with van der Waals surface area (Å²) in [5, 5.41) is 8.97. The standard InChI is InChI=1S/C21H22ClN3O2/c1-2-3-4-15-5-9-17(10-6-15)23-21(27)19-13-14-20(26)25(24-19)18-11-7-16(22)8-12-18/h5-12H,2-4,13-14H2,1H3,(H,23,27). The highest BCUT2D eigenvalue weighted by Gasteiger charge is 2.25. The van der Waals surface area contributed by atoms with E-state index in [2.05, 4.69) is 17.3 Å². The molecule has 0 aromatic heterocycles. The minimum atomic E-state index is -0.289. The summed E-state index contributed by atoms with van der Waals surface area (Å²) in [7, 11) is 0. The van der Waals surface area contributed by atoms with E-state index in [1.165, 1.54) is 10.6 Å². The number of benzene rings is 2. The number of hydrogen-bond acceptors (Lipinski definition) is 3. The summed E-state index contributed by atoms with van der Waals surface area (Å²) in [4.78, 5) is 24.7. The van der Waals surface area contributed by atoms with E-state index < -0.39 is 0 Å². The van der Waals surface area contributed by atoms with Crippen LogP contribution >= 0.6 is 11.6 Å². The van der Waals surface area contributed by atoms with Gasteiger partial charge in [-0.05, 0) is 54.8 Å². The number of carbonyl (C=O) groups excluding carboxylic acids is 2. The Hall–Kier alpha value is -2.66. The fraction of sp³-hybridized carbons (Fsp3) is 0.286. The lowest BCUT2D eigenvalue weighted by Gasteiger charge is -2.23. The molecule has 0 bridgehead atoms. The van der Waals surface area contributed by atoms with Gasteiger partial charge in [-0.1, -0.05) is 37.1 Å². The van der Waals surface area contributed by atoms with Crippen molar-refractivity contribution < 1.29 is 9.59 Å². The predicted molar refractivity (Wildman–Crippen MR) is 109 cm³/mol. The van der Waals surface area contributed by atoms with E-state index in [1.807, 2.05) is 24.3 Å². The summed E-state index contributed by atoms with van der Waals surface area (Å²) in [6.45, 7) is 2.16. The van der Waals surface area contributed by atoms with Gasteiger partial charge < -0.3 is 5.32 Å². The first kappa shape index (κ1) is 19.1. The number of anilines is 2. The Morgan fingerprint density at radius 2 is 1.81 bits per heavy atom. The zero-order valence-electron chi connectivity index (χ0n) is 15.2. The zero-order valence-corrected chi connectivity index (χ0v) is 16.0. The van der Waals surface area contributed by atoms with Gasteiger partial charge in [0.05, 0.1) is 5.69 Å². The maximum Gasteiger partial charge on any atom is 0.271 e. The van der Waals surface area contributed by atoms with Crippen molar-refractivity contribution in [2.75, 3.05) is 10.3 Å². The van der Waals surface area contributed by atoms with Crippen molar-refractivity contribution in [2.24, 2.45) is 5.10 Å². The minimum Gasteiger partial charge on any atom is -0.321 e. The fourth-order valence-corrected chi connectivity index (χ4v) is 2.97. The molecule has 0 unspecified atom stereocenters. The lowest BCUT2D eigenvalue weighted by atomic mass is 10.1. The molecule has 1 aliphatic heterocycles. The minimum absolute atomic E-state index is 0.144. The van der Waals surface area contributed by atoms with Crippen LogP contribution in [0.5, 0.6) is 0 Å². The van der Waals surface area contributed by atoms with Gasteiger partial charge in [-0.3, -0.25) is 9.59 Å². The third kappa shape index (κ3) is 4.95. The van der Waals surface area contributed by atoms with E-state index in [4.69, 9.17) is 11.6 Å². The number of carbonyl (C=O) groups is 2. The van der Waals surface area contributed by atoms with E-state index in [0.717, 1.165) is 24.9 Å². The molecule has 2 aromatic rings. The van der Waals surface area contributed by atoms with Crippen LogP contribution in [0.1, 0.15) is 38.2 Å². The van der Waals surface area contributed by atoms with Crippen molar-refractivity contribution in [1.82, 2.24) is 0 Å². The van der Waals surface area contributed by atoms with Gasteiger partial charge in [-0.2, -0.15) is 5.10 Å². The molecule has 0 saturated carbocycles. The third-order valence-electron chi connectivity index (χ3n) is 4.40. The van der Waals surface area contributed by atoms with E-state index >= 15 is 0 Å². The number of halogens is 1. The van der Waals surface area contributed by atoms with Crippen LogP contribution in [0.2, 0.25) is 5.02 Å². The predicted octanol–water partition coefficient (Wildman–Crippen LogP) is 4.80. The number of hydrazone groups is 1. The van der Waals surface area contributed by atoms with Gasteiger partial charge >= 0.3 is 0 Å². The van der Waals surface area contributed by atoms with Crippen LogP contribution in [0.25, 0.3) is 0 Å². The van der Waals surface area contributed by atoms with E-state index in [1.54, 1.807) is 24.3 Å². The molecule has 1 aliphatic rings. The second kappa shape index (κ2) is 8.82. The fourth-order valence-electron chi connectivity index (χ4n) is 2.84. The van der Waals surface area contributed by atoms with Gasteiger partial charge in [0, 0.05) is 23.6 Å². The van der Waals surface area contributed by atoms with Crippen LogP contribution in [0.4, 0.5) is 11.4 Å². The molecule has 0 fully saturated rings. The van der Waals surface area contributed by atoms with E-state index in [0.29, 0.717) is 22.8 Å². The van der Waals surface area contributed by atoms with Crippen molar-refractivity contribution >= 4 is 40.5 Å². The molecule has 1 heterocycles. The summed E-state index contributed by atoms with van der Waals surface area (Å²) in [6.07, 6.45) is 3.90. The number of nitrogens with one attached hydrogen (secondary N) is 1. The maximum atomic E-state index is 12.6. The summed E-state index contributed by atoms with van der Waals surface area (Å²) < 4.78 is 0. The Labute approximate surface area is 164 Å². The van der Waals surface area contributed by atoms with Crippen LogP contribution < -0.4 is 10.3 Å². The molecule has 27 heavy (non-hydrogen) atoms. The summed E-state index contributed by atoms with van der Waals surface area (Å²) in [6, 6.07) is 14.6. The normalized spacial score (nSPS) is 14.1. The largest absolute Gasteiger partial charge is 0.321 e. The Morgan fingerprint density at radius 1 is 1.11 bits per heavy atom. The number of amides is 2. The van der Waals surface area contributed by atoms with Crippen molar-refractivity contribution in [3.63, 3.8) is 0 Å². The second-order valence-corrected chi connectivity index (χ2v) is 6.92. The molecule has 2 amide bonds. The molecule has 6 heteroatoms. The van der Waals surface area contributed by atoms with Crippen LogP contribution in [0.3, 0.4) is 0 Å². The van der Waals surface area contributed by atoms with Gasteiger partial charge in [0.1, 0.15) is 5.71 Å². The van der Waals surface area contributed by atoms with Crippen molar-refractivity contribution in [2.45, 2.75) is 39.0 Å². The molecule has 0 atom stereocenters. The van der Waals surface area contributed by atoms with Crippen molar-refractivity contribution in [3.8, 4) is 0 Å². The molecule has 2 aromatic carbocycles. The highest BCUT2D eigenvalue weighted by Crippen LogP contribution is 2.22. The lowest BCUT2D eigenvalue weighted by Crippen LogP contribution is -2.36. The number of unbranched alkanes of at least 4 members (excludes halogenated alkanes) is 1. The molecule has 3 rings (SSSR count). The van der Waals surface area contributed by atoms with Crippen LogP contribution in [-0.4, -0.2) is 17.5 Å². The number of aryl methyl sites for hydroxylation is 1. The first-order valence-corrected chi connectivity index (χ1v) is 9.51. The molecule has 0 saturated heterocycles. The Bertz CT molecular complexity index is 845. The number of rotatable bonds is 6. The number of nitrogens with zero attached hydrogens (tertiary/aromatic N) is 2. The Morgan fingerprint density at radius 3 is 2.48 bits per heavy atom. The van der Waals surface area contributed by atoms with Crippen molar-refractivity contribution in [3.05, 3.63) is 59.1 Å². The molecule has 5 nitrogen and oxygen atoms in total. The molecule has 0 spiro atoms. The molecule has 1 N–H and O–H groups in total. The van der Waals surface area contributed by atoms with Crippen LogP contribution in [0.15, 0.2) is 53.6 Å². The van der Waals surface area contributed by atoms with Gasteiger partial charge in [0.25, 0.3) is 5.91 Å². The van der Waals surface area contributed by atoms with Crippen molar-refractivity contribution in [1.29, 1.82) is 0 Å². The number of hydrogen-bond donors (Lipinski definition) is 1. The summed E-state index contributed by atoms with van der Waals surface area (Å²) >= 11 is 5.89. The Balaban J connectivity index is 1.70. The second-order valence-electron chi connectivity index (χ2n) is 6.48. The molecular formula is C21H22ClN3O2. The van der Waals surface area contributed by atoms with Crippen LogP contribution in [0, 0.1) is 0 Å². The molecule has 140 valence electrons. The van der Waals surface area contributed by atoms with Crippen LogP contribution in [-0.2, 0) is 16.0 Å². The van der Waals surface area contributed by atoms with Gasteiger partial charge in [0.15, 0.2) is 0 Å². The van der Waals surface area contributed by atoms with Gasteiger partial charge in [-0.15, -0.1) is 0 Å². The SMILES string of the molecule is CCCCc1ccc(NC(=O)C2=NN(c3ccc(Cl)cc3)C(=O)CC2)cc1. The molecule has 0 aliphatic carbocycles. The van der Waals surface area contributed by atoms with E-state index in [-0.39, 0.29) is 18.2 Å². The van der Waals surface area contributed by atoms with Gasteiger partial charge in [-0.25, -0.2) is 5.01 Å². The monoisotopic (exact) mass is 383 g/mol. The summed E-state index contributed by atoms with van der Waals surface area (Å²) in [5.41, 5.74) is 2.90. The molecule has 0 radical (unpaired) electrons.